The molecule has 0 bridgehead atoms. The van der Waals surface area contributed by atoms with E-state index < -0.39 is 41.0 Å². The van der Waals surface area contributed by atoms with Gasteiger partial charge in [0.1, 0.15) is 34.8 Å². The first kappa shape index (κ1) is 101. The van der Waals surface area contributed by atoms with E-state index in [1.54, 1.807) is 26.2 Å². The number of halogens is 5. The van der Waals surface area contributed by atoms with Crippen molar-refractivity contribution in [3.63, 3.8) is 0 Å². The number of aromatic nitrogens is 12. The van der Waals surface area contributed by atoms with Gasteiger partial charge in [-0.3, -0.25) is 59.4 Å². The number of fused-ring (bicyclic) bond motifs is 6. The number of nitrogens with one attached hydrogen (secondary N) is 12. The number of carbonyl (C=O) groups excluding carboxylic acids is 6. The number of rotatable bonds is 7. The lowest BCUT2D eigenvalue weighted by atomic mass is 9.68. The Kier molecular flexibility index (Phi) is 26.1. The molecule has 0 saturated heterocycles. The number of anilines is 6. The highest BCUT2D eigenvalue weighted by atomic mass is 19.1. The Morgan fingerprint density at radius 3 is 0.823 bits per heavy atom. The zero-order valence-electron chi connectivity index (χ0n) is 87.1. The Labute approximate surface area is 851 Å². The van der Waals surface area contributed by atoms with E-state index >= 15 is 0 Å². The number of ketones is 6. The van der Waals surface area contributed by atoms with Gasteiger partial charge in [0.25, 0.3) is 0 Å². The summed E-state index contributed by atoms with van der Waals surface area (Å²) in [5.41, 5.74) is 26.6. The molecule has 12 aromatic rings. The van der Waals surface area contributed by atoms with Crippen molar-refractivity contribution >= 4 is 69.6 Å². The number of aromatic amines is 6. The summed E-state index contributed by atoms with van der Waals surface area (Å²) in [5.74, 6) is 1.26. The fraction of sp³-hybridized carbons (Fsp3) is 0.385. The molecule has 6 aliphatic carbocycles. The number of allylic oxidation sites excluding steroid dienone is 12. The molecule has 0 radical (unpaired) electrons. The number of aryl methyl sites for hydroxylation is 8. The van der Waals surface area contributed by atoms with E-state index in [1.807, 2.05) is 98.7 Å². The van der Waals surface area contributed by atoms with Crippen LogP contribution < -0.4 is 36.6 Å². The molecule has 6 aromatic heterocycles. The van der Waals surface area contributed by atoms with Gasteiger partial charge >= 0.3 is 0 Å². The summed E-state index contributed by atoms with van der Waals surface area (Å²) in [4.78, 5) is 77.9. The summed E-state index contributed by atoms with van der Waals surface area (Å²) in [6, 6.07) is 38.5. The fourth-order valence-electron chi connectivity index (χ4n) is 24.5. The van der Waals surface area contributed by atoms with Crippen molar-refractivity contribution in [2.45, 2.75) is 251 Å². The molecule has 25 nitrogen and oxygen atoms in total. The van der Waals surface area contributed by atoms with Crippen LogP contribution in [0.3, 0.4) is 0 Å². The second kappa shape index (κ2) is 38.0. The SMILES string of the molecule is COc1cccc(C2C3=C(CC(C)(C)CC3=O)Nc3n[nH]c(C)c32)c1.Cc1[nH]nc2c1C(c1c(F)cccc1F)C1=C(CC(C)(C)CC1=O)N2.Cc1[nH]nc2c1C(c1cc(F)ccc1F)C1=C(CC(C)(C)CC1=O)N2.Cc1[nH]nc2c1C(c1ccccc1F)C1=C(CC(C)(C)CC1=O)N2.Cc1ccccc1[C@@H]1C2=C(CC(C)(C)CC2=O)Nc2n[nH]c(C)c21.Cc1ccccc1[C@H]1C2=C(CC(C)(C)CC2=O)Nc2n[nH]c(C)c21. The van der Waals surface area contributed by atoms with Crippen molar-refractivity contribution in [3.05, 3.63) is 342 Å². The summed E-state index contributed by atoms with van der Waals surface area (Å²) in [7, 11) is 1.66. The van der Waals surface area contributed by atoms with E-state index in [-0.39, 0.29) is 102 Å². The highest BCUT2D eigenvalue weighted by Gasteiger charge is 2.51. The number of hydrogen-bond acceptors (Lipinski definition) is 19. The summed E-state index contributed by atoms with van der Waals surface area (Å²) >= 11 is 0. The second-order valence-corrected chi connectivity index (χ2v) is 46.3. The van der Waals surface area contributed by atoms with Crippen molar-refractivity contribution < 1.29 is 55.5 Å². The number of hydrogen-bond donors (Lipinski definition) is 12. The number of ether oxygens (including phenoxy) is 1. The normalized spacial score (nSPS) is 21.8. The molecule has 6 aliphatic heterocycles. The molecule has 12 N–H and O–H groups in total. The predicted octanol–water partition coefficient (Wildman–Crippen LogP) is 24.8. The molecule has 147 heavy (non-hydrogen) atoms. The average Bonchev–Trinajstić information content (AvgIpc) is 1.73. The van der Waals surface area contributed by atoms with Gasteiger partial charge in [0.05, 0.1) is 13.0 Å². The van der Waals surface area contributed by atoms with E-state index in [9.17, 15) is 50.7 Å². The number of nitrogens with zero attached hydrogens (tertiary/aromatic N) is 6. The van der Waals surface area contributed by atoms with Crippen LogP contribution in [-0.4, -0.2) is 103 Å². The van der Waals surface area contributed by atoms with Gasteiger partial charge in [-0.1, -0.05) is 168 Å². The third kappa shape index (κ3) is 19.1. The molecule has 24 rings (SSSR count). The first-order valence-corrected chi connectivity index (χ1v) is 50.4. The summed E-state index contributed by atoms with van der Waals surface area (Å²) in [6.07, 6.45) is 7.63. The molecular weight excluding hydrogens is 1860 g/mol. The number of carbonyl (C=O) groups is 6. The lowest BCUT2D eigenvalue weighted by molar-refractivity contribution is -0.119. The van der Waals surface area contributed by atoms with Crippen LogP contribution >= 0.6 is 0 Å². The van der Waals surface area contributed by atoms with Crippen LogP contribution in [0.25, 0.3) is 0 Å². The third-order valence-corrected chi connectivity index (χ3v) is 30.8. The number of Topliss-reactive ketones (excluding diaryl/α,β-unsaturated/α-hetero) is 6. The second-order valence-electron chi connectivity index (χ2n) is 46.3. The van der Waals surface area contributed by atoms with E-state index in [2.05, 4.69) is 205 Å². The van der Waals surface area contributed by atoms with Crippen molar-refractivity contribution in [1.29, 1.82) is 0 Å². The molecule has 6 aromatic carbocycles. The lowest BCUT2D eigenvalue weighted by Crippen LogP contribution is -2.34. The van der Waals surface area contributed by atoms with Gasteiger partial charge in [0, 0.05) is 220 Å². The number of methoxy groups -OCH3 is 1. The summed E-state index contributed by atoms with van der Waals surface area (Å²) < 4.78 is 77.5. The third-order valence-electron chi connectivity index (χ3n) is 30.8. The molecule has 12 aliphatic rings. The summed E-state index contributed by atoms with van der Waals surface area (Å²) in [5, 5.41) is 64.2. The van der Waals surface area contributed by atoms with Gasteiger partial charge in [-0.15, -0.1) is 0 Å². The Bertz CT molecular complexity index is 7310. The first-order valence-electron chi connectivity index (χ1n) is 50.4. The molecule has 30 heteroatoms. The maximum Gasteiger partial charge on any atom is 0.162 e. The lowest BCUT2D eigenvalue weighted by Gasteiger charge is -2.38. The zero-order chi connectivity index (χ0) is 105. The highest BCUT2D eigenvalue weighted by Crippen LogP contribution is 2.59. The van der Waals surface area contributed by atoms with Crippen LogP contribution in [0.15, 0.2) is 201 Å². The first-order chi connectivity index (χ1) is 69.6. The highest BCUT2D eigenvalue weighted by molar-refractivity contribution is 6.06. The average molecular weight is 1990 g/mol. The Morgan fingerprint density at radius 1 is 0.259 bits per heavy atom. The van der Waals surface area contributed by atoms with Crippen molar-refractivity contribution in [2.75, 3.05) is 39.0 Å². The number of benzene rings is 6. The predicted molar refractivity (Wildman–Crippen MR) is 557 cm³/mol. The van der Waals surface area contributed by atoms with Crippen LogP contribution in [0.4, 0.5) is 56.9 Å². The molecule has 0 spiro atoms. The van der Waals surface area contributed by atoms with Crippen molar-refractivity contribution in [3.8, 4) is 5.75 Å². The maximum absolute atomic E-state index is 14.6. The van der Waals surface area contributed by atoms with Crippen LogP contribution in [0.5, 0.6) is 5.75 Å². The van der Waals surface area contributed by atoms with Gasteiger partial charge in [0.15, 0.2) is 69.6 Å². The Balaban J connectivity index is 0.000000111. The van der Waals surface area contributed by atoms with Crippen LogP contribution in [0, 0.1) is 117 Å². The topological polar surface area (TPSA) is 356 Å². The number of H-pyrrole nitrogens is 6. The monoisotopic (exact) mass is 1990 g/mol. The standard InChI is InChI=1S/C20H23N3O2.2C20H23N3O.2C19H19F2N3O.C19H20FN3O/c1-11-16-17(12-6-5-7-13(8-12)25-4)18-14(21-19(16)23-22-11)9-20(2,3)10-15(18)24;2*1-11-7-5-6-8-13(11)17-16-12(2)22-23-19(16)21-14-9-20(3,4)10-15(24)18(14)17;1-9-15-16(11-6-10(20)4-5-12(11)21)17-13(22-18(15)24-23-9)7-19(2,3)8-14(17)25;1-9-14-17(15-10(20)5-4-6-11(15)21)16-12(22-18(14)24-23-9)7-19(2,3)8-13(16)25;1-10-15-16(11-6-4-5-7-12(11)20)17-13(21-18(15)23-22-10)8-19(2,3)9-14(17)24/h5-8,17H,9-10H2,1-4H3,(H2,21,22,23);2*5-8,17H,9-10H2,1-4H3,(H2,21,22,23);4-6,16H,7-8H2,1-3H3,(H2,22,23,24);4-6,17H,7-8H2,1-3H3,(H2,22,23,24);4-7,16H,8-9H2,1-3H3,(H2,21,22,23)/t;2*17-;;;/m.10.../s1. The Hall–Kier alpha value is -14.7. The molecule has 12 heterocycles. The Morgan fingerprint density at radius 2 is 0.510 bits per heavy atom. The van der Waals surface area contributed by atoms with E-state index in [0.29, 0.717) is 114 Å². The quantitative estimate of drug-likeness (QED) is 0.0660. The van der Waals surface area contributed by atoms with E-state index in [0.717, 1.165) is 163 Å². The van der Waals surface area contributed by atoms with Gasteiger partial charge in [0.2, 0.25) is 0 Å². The zero-order valence-corrected chi connectivity index (χ0v) is 87.1. The van der Waals surface area contributed by atoms with Gasteiger partial charge in [-0.25, -0.2) is 22.0 Å². The largest absolute Gasteiger partial charge is 0.497 e. The van der Waals surface area contributed by atoms with Crippen LogP contribution in [0.2, 0.25) is 0 Å². The molecule has 0 amide bonds. The van der Waals surface area contributed by atoms with Crippen LogP contribution in [-0.2, 0) is 28.8 Å². The minimum atomic E-state index is -0.783. The fourth-order valence-corrected chi connectivity index (χ4v) is 24.5. The molecular formula is C117H127F5N18O7. The van der Waals surface area contributed by atoms with Crippen molar-refractivity contribution in [1.82, 2.24) is 61.2 Å². The minimum absolute atomic E-state index is 0.0119. The minimum Gasteiger partial charge on any atom is -0.497 e. The van der Waals surface area contributed by atoms with Crippen LogP contribution in [0.1, 0.15) is 308 Å². The van der Waals surface area contributed by atoms with E-state index in [4.69, 9.17) is 4.74 Å². The van der Waals surface area contributed by atoms with Crippen molar-refractivity contribution in [2.24, 2.45) is 32.5 Å². The molecule has 762 valence electrons. The van der Waals surface area contributed by atoms with Gasteiger partial charge < -0.3 is 36.6 Å². The van der Waals surface area contributed by atoms with Gasteiger partial charge in [-0.05, 0) is 203 Å². The molecule has 0 saturated carbocycles. The molecule has 6 atom stereocenters. The maximum atomic E-state index is 14.6. The smallest absolute Gasteiger partial charge is 0.162 e. The van der Waals surface area contributed by atoms with E-state index in [1.165, 1.54) is 52.6 Å². The molecule has 4 unspecified atom stereocenters. The summed E-state index contributed by atoms with van der Waals surface area (Å²) in [6.45, 7) is 41.0. The van der Waals surface area contributed by atoms with Gasteiger partial charge in [-0.2, -0.15) is 30.6 Å². The molecule has 0 fully saturated rings.